The Morgan fingerprint density at radius 3 is 2.41 bits per heavy atom. The number of aromatic nitrogens is 3. The number of imide groups is 1. The van der Waals surface area contributed by atoms with Gasteiger partial charge >= 0.3 is 6.03 Å². The molecule has 0 aliphatic carbocycles. The molecule has 1 aromatic heterocycles. The van der Waals surface area contributed by atoms with E-state index in [1.54, 1.807) is 16.7 Å². The Hall–Kier alpha value is -2.46. The zero-order valence-electron chi connectivity index (χ0n) is 17.3. The van der Waals surface area contributed by atoms with Gasteiger partial charge in [0.1, 0.15) is 5.82 Å². The summed E-state index contributed by atoms with van der Waals surface area (Å²) in [5.74, 6) is 0.165. The van der Waals surface area contributed by atoms with E-state index in [1.807, 2.05) is 39.8 Å². The van der Waals surface area contributed by atoms with E-state index >= 15 is 0 Å². The first-order chi connectivity index (χ1) is 13.7. The summed E-state index contributed by atoms with van der Waals surface area (Å²) in [4.78, 5) is 25.8. The van der Waals surface area contributed by atoms with E-state index in [-0.39, 0.29) is 23.5 Å². The van der Waals surface area contributed by atoms with E-state index in [4.69, 9.17) is 0 Å². The fourth-order valence-electron chi connectivity index (χ4n) is 2.34. The van der Waals surface area contributed by atoms with Crippen LogP contribution < -0.4 is 10.6 Å². The molecule has 0 aliphatic rings. The summed E-state index contributed by atoms with van der Waals surface area (Å²) < 4.78 is 15.2. The molecule has 0 radical (unpaired) electrons. The SMILES string of the molecule is CC(C)CNC(=O)NC(=O)CSc1nnc([C@@H](C)N(C)C)n1-c1ccc(F)cc1. The number of hydrogen-bond donors (Lipinski definition) is 2. The second kappa shape index (κ2) is 10.4. The third-order valence-electron chi connectivity index (χ3n) is 4.15. The molecule has 0 fully saturated rings. The van der Waals surface area contributed by atoms with Crippen molar-refractivity contribution in [3.63, 3.8) is 0 Å². The van der Waals surface area contributed by atoms with Crippen molar-refractivity contribution < 1.29 is 14.0 Å². The van der Waals surface area contributed by atoms with Gasteiger partial charge in [0, 0.05) is 12.2 Å². The summed E-state index contributed by atoms with van der Waals surface area (Å²) in [5.41, 5.74) is 0.692. The van der Waals surface area contributed by atoms with Crippen LogP contribution in [0.25, 0.3) is 5.69 Å². The van der Waals surface area contributed by atoms with Crippen LogP contribution in [0.4, 0.5) is 9.18 Å². The number of nitrogens with zero attached hydrogens (tertiary/aromatic N) is 4. The maximum absolute atomic E-state index is 13.4. The number of nitrogens with one attached hydrogen (secondary N) is 2. The number of urea groups is 1. The predicted molar refractivity (Wildman–Crippen MR) is 111 cm³/mol. The zero-order chi connectivity index (χ0) is 21.6. The molecule has 0 saturated heterocycles. The molecule has 2 aromatic rings. The molecule has 29 heavy (non-hydrogen) atoms. The van der Waals surface area contributed by atoms with E-state index in [1.165, 1.54) is 12.1 Å². The first-order valence-corrected chi connectivity index (χ1v) is 10.3. The molecular formula is C19H27FN6O2S. The van der Waals surface area contributed by atoms with Crippen LogP contribution in [-0.4, -0.2) is 58.0 Å². The standard InChI is InChI=1S/C19H27FN6O2S/c1-12(2)10-21-18(28)22-16(27)11-29-19-24-23-17(13(3)25(4)5)26(19)15-8-6-14(20)7-9-15/h6-9,12-13H,10-11H2,1-5H3,(H2,21,22,27,28)/t13-/m1/s1. The van der Waals surface area contributed by atoms with Gasteiger partial charge in [-0.05, 0) is 51.2 Å². The monoisotopic (exact) mass is 422 g/mol. The third-order valence-corrected chi connectivity index (χ3v) is 5.08. The summed E-state index contributed by atoms with van der Waals surface area (Å²) in [6.07, 6.45) is 0. The van der Waals surface area contributed by atoms with Crippen molar-refractivity contribution in [3.8, 4) is 5.69 Å². The van der Waals surface area contributed by atoms with Crippen LogP contribution in [0.1, 0.15) is 32.6 Å². The van der Waals surface area contributed by atoms with Gasteiger partial charge in [0.15, 0.2) is 11.0 Å². The Balaban J connectivity index is 2.15. The fraction of sp³-hybridized carbons (Fsp3) is 0.474. The summed E-state index contributed by atoms with van der Waals surface area (Å²) in [7, 11) is 3.84. The van der Waals surface area contributed by atoms with Crippen LogP contribution in [0, 0.1) is 11.7 Å². The Labute approximate surface area is 174 Å². The number of hydrogen-bond acceptors (Lipinski definition) is 6. The number of carbonyl (C=O) groups is 2. The summed E-state index contributed by atoms with van der Waals surface area (Å²) in [6, 6.07) is 5.41. The molecule has 0 saturated carbocycles. The highest BCUT2D eigenvalue weighted by Crippen LogP contribution is 2.26. The fourth-order valence-corrected chi connectivity index (χ4v) is 3.10. The molecule has 158 valence electrons. The second-order valence-electron chi connectivity index (χ2n) is 7.23. The molecule has 1 atom stereocenters. The molecule has 3 amide bonds. The van der Waals surface area contributed by atoms with Gasteiger partial charge in [-0.1, -0.05) is 25.6 Å². The first-order valence-electron chi connectivity index (χ1n) is 9.27. The minimum absolute atomic E-state index is 0.00915. The Morgan fingerprint density at radius 2 is 1.83 bits per heavy atom. The lowest BCUT2D eigenvalue weighted by Gasteiger charge is -2.20. The lowest BCUT2D eigenvalue weighted by molar-refractivity contribution is -0.117. The first kappa shape index (κ1) is 22.8. The van der Waals surface area contributed by atoms with Gasteiger partial charge in [0.25, 0.3) is 0 Å². The van der Waals surface area contributed by atoms with Gasteiger partial charge in [-0.25, -0.2) is 9.18 Å². The van der Waals surface area contributed by atoms with Crippen molar-refractivity contribution in [2.24, 2.45) is 5.92 Å². The van der Waals surface area contributed by atoms with Crippen LogP contribution in [0.3, 0.4) is 0 Å². The molecule has 8 nitrogen and oxygen atoms in total. The number of rotatable bonds is 8. The van der Waals surface area contributed by atoms with Gasteiger partial charge in [0.05, 0.1) is 11.8 Å². The van der Waals surface area contributed by atoms with Crippen molar-refractivity contribution in [1.29, 1.82) is 0 Å². The number of amides is 3. The Morgan fingerprint density at radius 1 is 1.17 bits per heavy atom. The van der Waals surface area contributed by atoms with E-state index in [0.717, 1.165) is 11.8 Å². The maximum atomic E-state index is 13.4. The quantitative estimate of drug-likeness (QED) is 0.636. The Kier molecular flexibility index (Phi) is 8.15. The maximum Gasteiger partial charge on any atom is 0.321 e. The molecule has 0 unspecified atom stereocenters. The van der Waals surface area contributed by atoms with E-state index < -0.39 is 11.9 Å². The third kappa shape index (κ3) is 6.53. The van der Waals surface area contributed by atoms with Crippen molar-refractivity contribution in [2.75, 3.05) is 26.4 Å². The van der Waals surface area contributed by atoms with Crippen LogP contribution in [0.15, 0.2) is 29.4 Å². The van der Waals surface area contributed by atoms with Crippen LogP contribution in [0.2, 0.25) is 0 Å². The summed E-state index contributed by atoms with van der Waals surface area (Å²) >= 11 is 1.16. The average Bonchev–Trinajstić information content (AvgIpc) is 3.08. The molecule has 1 heterocycles. The highest BCUT2D eigenvalue weighted by molar-refractivity contribution is 7.99. The van der Waals surface area contributed by atoms with Crippen molar-refractivity contribution in [3.05, 3.63) is 35.9 Å². The highest BCUT2D eigenvalue weighted by Gasteiger charge is 2.22. The highest BCUT2D eigenvalue weighted by atomic mass is 32.2. The molecule has 1 aromatic carbocycles. The Bertz CT molecular complexity index is 838. The van der Waals surface area contributed by atoms with Gasteiger partial charge < -0.3 is 5.32 Å². The molecule has 0 bridgehead atoms. The molecule has 10 heteroatoms. The molecule has 2 rings (SSSR count). The molecular weight excluding hydrogens is 395 g/mol. The second-order valence-corrected chi connectivity index (χ2v) is 8.18. The topological polar surface area (TPSA) is 92.2 Å². The van der Waals surface area contributed by atoms with Gasteiger partial charge in [-0.3, -0.25) is 19.6 Å². The number of carbonyl (C=O) groups excluding carboxylic acids is 2. The van der Waals surface area contributed by atoms with Crippen LogP contribution in [-0.2, 0) is 4.79 Å². The van der Waals surface area contributed by atoms with Crippen LogP contribution >= 0.6 is 11.8 Å². The van der Waals surface area contributed by atoms with Gasteiger partial charge in [-0.2, -0.15) is 0 Å². The van der Waals surface area contributed by atoms with Gasteiger partial charge in [0.2, 0.25) is 5.91 Å². The number of benzene rings is 1. The van der Waals surface area contributed by atoms with Crippen molar-refractivity contribution in [2.45, 2.75) is 32.0 Å². The lowest BCUT2D eigenvalue weighted by atomic mass is 10.2. The van der Waals surface area contributed by atoms with Crippen LogP contribution in [0.5, 0.6) is 0 Å². The minimum atomic E-state index is -0.522. The van der Waals surface area contributed by atoms with Crippen molar-refractivity contribution >= 4 is 23.7 Å². The molecule has 2 N–H and O–H groups in total. The normalized spacial score (nSPS) is 12.3. The minimum Gasteiger partial charge on any atom is -0.338 e. The summed E-state index contributed by atoms with van der Waals surface area (Å²) in [5, 5.41) is 13.9. The molecule has 0 spiro atoms. The smallest absolute Gasteiger partial charge is 0.321 e. The predicted octanol–water partition coefficient (Wildman–Crippen LogP) is 2.60. The molecule has 0 aliphatic heterocycles. The number of thioether (sulfide) groups is 1. The summed E-state index contributed by atoms with van der Waals surface area (Å²) in [6.45, 7) is 6.39. The largest absolute Gasteiger partial charge is 0.338 e. The zero-order valence-corrected chi connectivity index (χ0v) is 18.1. The number of halogens is 1. The van der Waals surface area contributed by atoms with E-state index in [0.29, 0.717) is 23.2 Å². The van der Waals surface area contributed by atoms with Gasteiger partial charge in [-0.15, -0.1) is 10.2 Å². The average molecular weight is 423 g/mol. The van der Waals surface area contributed by atoms with Crippen molar-refractivity contribution in [1.82, 2.24) is 30.3 Å². The lowest BCUT2D eigenvalue weighted by Crippen LogP contribution is -2.41. The van der Waals surface area contributed by atoms with E-state index in [2.05, 4.69) is 20.8 Å². The van der Waals surface area contributed by atoms with E-state index in [9.17, 15) is 14.0 Å².